The van der Waals surface area contributed by atoms with Gasteiger partial charge in [0.2, 0.25) is 0 Å². The molecule has 23 heavy (non-hydrogen) atoms. The minimum Gasteiger partial charge on any atom is -0.423 e. The van der Waals surface area contributed by atoms with E-state index < -0.39 is 0 Å². The van der Waals surface area contributed by atoms with Gasteiger partial charge in [0, 0.05) is 32.4 Å². The van der Waals surface area contributed by atoms with E-state index in [9.17, 15) is 0 Å². The third kappa shape index (κ3) is 2.57. The smallest absolute Gasteiger partial charge is 0.298 e. The number of pyridine rings is 1. The maximum absolute atomic E-state index is 8.83. The Hall–Kier alpha value is -3.07. The summed E-state index contributed by atoms with van der Waals surface area (Å²) in [6.45, 7) is 3.35. The average molecular weight is 305 g/mol. The lowest BCUT2D eigenvalue weighted by Crippen LogP contribution is -2.47. The molecule has 3 heterocycles. The SMILES string of the molecule is N#Cc1ccc(N2CCN(c3nc4ccccc4o3)CC2)nc1. The number of benzene rings is 1. The van der Waals surface area contributed by atoms with Gasteiger partial charge in [-0.25, -0.2) is 4.98 Å². The maximum Gasteiger partial charge on any atom is 0.298 e. The number of nitriles is 1. The second-order valence-electron chi connectivity index (χ2n) is 5.46. The Bertz CT molecular complexity index is 824. The van der Waals surface area contributed by atoms with Gasteiger partial charge in [-0.3, -0.25) is 0 Å². The van der Waals surface area contributed by atoms with Crippen molar-refractivity contribution in [2.75, 3.05) is 36.0 Å². The summed E-state index contributed by atoms with van der Waals surface area (Å²) in [5, 5.41) is 8.83. The van der Waals surface area contributed by atoms with E-state index in [2.05, 4.69) is 25.8 Å². The molecule has 6 nitrogen and oxygen atoms in total. The lowest BCUT2D eigenvalue weighted by molar-refractivity contribution is 0.540. The van der Waals surface area contributed by atoms with Crippen LogP contribution in [0.1, 0.15) is 5.56 Å². The molecular weight excluding hydrogens is 290 g/mol. The molecule has 0 amide bonds. The molecule has 0 saturated carbocycles. The fourth-order valence-electron chi connectivity index (χ4n) is 2.76. The molecule has 6 heteroatoms. The number of hydrogen-bond acceptors (Lipinski definition) is 6. The van der Waals surface area contributed by atoms with Crippen molar-refractivity contribution in [3.05, 3.63) is 48.2 Å². The fraction of sp³-hybridized carbons (Fsp3) is 0.235. The minimum absolute atomic E-state index is 0.582. The van der Waals surface area contributed by atoms with Crippen LogP contribution in [0.15, 0.2) is 47.0 Å². The summed E-state index contributed by atoms with van der Waals surface area (Å²) < 4.78 is 5.82. The second-order valence-corrected chi connectivity index (χ2v) is 5.46. The molecule has 0 bridgehead atoms. The molecule has 1 aliphatic heterocycles. The Morgan fingerprint density at radius 2 is 1.78 bits per heavy atom. The van der Waals surface area contributed by atoms with Gasteiger partial charge in [0.15, 0.2) is 5.58 Å². The molecule has 2 aromatic heterocycles. The van der Waals surface area contributed by atoms with Gasteiger partial charge < -0.3 is 14.2 Å². The van der Waals surface area contributed by atoms with Crippen LogP contribution in [0.25, 0.3) is 11.1 Å². The Balaban J connectivity index is 1.46. The number of oxazole rings is 1. The fourth-order valence-corrected chi connectivity index (χ4v) is 2.76. The Labute approximate surface area is 133 Å². The van der Waals surface area contributed by atoms with E-state index in [1.54, 1.807) is 12.3 Å². The van der Waals surface area contributed by atoms with E-state index in [1.165, 1.54) is 0 Å². The summed E-state index contributed by atoms with van der Waals surface area (Å²) in [7, 11) is 0. The largest absolute Gasteiger partial charge is 0.423 e. The lowest BCUT2D eigenvalue weighted by atomic mass is 10.3. The zero-order valence-electron chi connectivity index (χ0n) is 12.5. The van der Waals surface area contributed by atoms with Gasteiger partial charge >= 0.3 is 0 Å². The van der Waals surface area contributed by atoms with Crippen LogP contribution >= 0.6 is 0 Å². The highest BCUT2D eigenvalue weighted by atomic mass is 16.4. The zero-order valence-corrected chi connectivity index (χ0v) is 12.5. The normalized spacial score (nSPS) is 14.9. The number of para-hydroxylation sites is 2. The topological polar surface area (TPSA) is 69.2 Å². The molecule has 0 spiro atoms. The van der Waals surface area contributed by atoms with Crippen molar-refractivity contribution in [1.82, 2.24) is 9.97 Å². The van der Waals surface area contributed by atoms with E-state index in [-0.39, 0.29) is 0 Å². The van der Waals surface area contributed by atoms with Crippen LogP contribution in [0.4, 0.5) is 11.8 Å². The Morgan fingerprint density at radius 3 is 2.48 bits per heavy atom. The molecule has 0 N–H and O–H groups in total. The summed E-state index contributed by atoms with van der Waals surface area (Å²) in [4.78, 5) is 13.3. The predicted octanol–water partition coefficient (Wildman–Crippen LogP) is 2.42. The van der Waals surface area contributed by atoms with Crippen molar-refractivity contribution < 1.29 is 4.42 Å². The van der Waals surface area contributed by atoms with Crippen LogP contribution < -0.4 is 9.80 Å². The third-order valence-electron chi connectivity index (χ3n) is 4.03. The minimum atomic E-state index is 0.582. The summed E-state index contributed by atoms with van der Waals surface area (Å²) in [5.74, 6) is 0.904. The summed E-state index contributed by atoms with van der Waals surface area (Å²) in [5.41, 5.74) is 2.29. The molecule has 0 aliphatic carbocycles. The van der Waals surface area contributed by atoms with E-state index in [0.717, 1.165) is 43.1 Å². The average Bonchev–Trinajstić information content (AvgIpc) is 3.06. The first kappa shape index (κ1) is 13.6. The number of nitrogens with zero attached hydrogens (tertiary/aromatic N) is 5. The van der Waals surface area contributed by atoms with Crippen molar-refractivity contribution >= 4 is 22.9 Å². The summed E-state index contributed by atoms with van der Waals surface area (Å²) in [6.07, 6.45) is 1.61. The van der Waals surface area contributed by atoms with Crippen LogP contribution in [0.3, 0.4) is 0 Å². The standard InChI is InChI=1S/C17H15N5O/c18-11-13-5-6-16(19-12-13)21-7-9-22(10-8-21)17-20-14-3-1-2-4-15(14)23-17/h1-6,12H,7-10H2. The van der Waals surface area contributed by atoms with Crippen molar-refractivity contribution in [3.63, 3.8) is 0 Å². The summed E-state index contributed by atoms with van der Waals surface area (Å²) in [6, 6.07) is 14.3. The molecule has 114 valence electrons. The van der Waals surface area contributed by atoms with Crippen molar-refractivity contribution in [1.29, 1.82) is 5.26 Å². The predicted molar refractivity (Wildman–Crippen MR) is 87.4 cm³/mol. The first-order chi connectivity index (χ1) is 11.3. The highest BCUT2D eigenvalue weighted by molar-refractivity contribution is 5.74. The van der Waals surface area contributed by atoms with Crippen molar-refractivity contribution in [2.45, 2.75) is 0 Å². The molecule has 1 saturated heterocycles. The number of anilines is 2. The van der Waals surface area contributed by atoms with E-state index >= 15 is 0 Å². The Kier molecular flexibility index (Phi) is 3.31. The third-order valence-corrected chi connectivity index (χ3v) is 4.03. The molecule has 3 aromatic rings. The molecule has 0 atom stereocenters. The molecule has 0 radical (unpaired) electrons. The van der Waals surface area contributed by atoms with E-state index in [0.29, 0.717) is 11.6 Å². The van der Waals surface area contributed by atoms with E-state index in [4.69, 9.17) is 9.68 Å². The highest BCUT2D eigenvalue weighted by Crippen LogP contribution is 2.23. The molecule has 1 aromatic carbocycles. The van der Waals surface area contributed by atoms with Gasteiger partial charge in [-0.2, -0.15) is 10.2 Å². The van der Waals surface area contributed by atoms with Crippen LogP contribution in [0, 0.1) is 11.3 Å². The van der Waals surface area contributed by atoms with Crippen molar-refractivity contribution in [2.24, 2.45) is 0 Å². The van der Waals surface area contributed by atoms with Crippen LogP contribution in [-0.2, 0) is 0 Å². The van der Waals surface area contributed by atoms with Gasteiger partial charge in [-0.05, 0) is 24.3 Å². The first-order valence-corrected chi connectivity index (χ1v) is 7.55. The second kappa shape index (κ2) is 5.61. The number of piperazine rings is 1. The number of aromatic nitrogens is 2. The number of fused-ring (bicyclic) bond motifs is 1. The quantitative estimate of drug-likeness (QED) is 0.724. The molecule has 4 rings (SSSR count). The van der Waals surface area contributed by atoms with E-state index in [1.807, 2.05) is 30.3 Å². The van der Waals surface area contributed by atoms with Crippen molar-refractivity contribution in [3.8, 4) is 6.07 Å². The van der Waals surface area contributed by atoms with Gasteiger partial charge in [0.05, 0.1) is 5.56 Å². The Morgan fingerprint density at radius 1 is 1.00 bits per heavy atom. The lowest BCUT2D eigenvalue weighted by Gasteiger charge is -2.34. The zero-order chi connectivity index (χ0) is 15.6. The molecule has 1 aliphatic rings. The van der Waals surface area contributed by atoms with Gasteiger partial charge in [-0.1, -0.05) is 12.1 Å². The van der Waals surface area contributed by atoms with Crippen LogP contribution in [0.5, 0.6) is 0 Å². The monoisotopic (exact) mass is 305 g/mol. The number of hydrogen-bond donors (Lipinski definition) is 0. The molecular formula is C17H15N5O. The first-order valence-electron chi connectivity index (χ1n) is 7.55. The van der Waals surface area contributed by atoms with Gasteiger partial charge in [-0.15, -0.1) is 0 Å². The maximum atomic E-state index is 8.83. The number of rotatable bonds is 2. The van der Waals surface area contributed by atoms with Gasteiger partial charge in [0.1, 0.15) is 17.4 Å². The highest BCUT2D eigenvalue weighted by Gasteiger charge is 2.21. The van der Waals surface area contributed by atoms with Gasteiger partial charge in [0.25, 0.3) is 6.01 Å². The molecule has 0 unspecified atom stereocenters. The van der Waals surface area contributed by atoms with Crippen LogP contribution in [0.2, 0.25) is 0 Å². The van der Waals surface area contributed by atoms with Crippen LogP contribution in [-0.4, -0.2) is 36.1 Å². The molecule has 1 fully saturated rings. The summed E-state index contributed by atoms with van der Waals surface area (Å²) >= 11 is 0.